The van der Waals surface area contributed by atoms with Crippen LogP contribution >= 0.6 is 0 Å². The fourth-order valence-electron chi connectivity index (χ4n) is 2.64. The summed E-state index contributed by atoms with van der Waals surface area (Å²) in [5.74, 6) is -0.484. The SMILES string of the molecule is CCCCC1C(=O)c2ccccc2N(CCC)C1=O. The number of anilines is 1. The minimum absolute atomic E-state index is 0.00130. The summed E-state index contributed by atoms with van der Waals surface area (Å²) < 4.78 is 0. The van der Waals surface area contributed by atoms with Crippen molar-refractivity contribution in [1.82, 2.24) is 0 Å². The largest absolute Gasteiger partial charge is 0.311 e. The summed E-state index contributed by atoms with van der Waals surface area (Å²) in [5, 5.41) is 0. The third kappa shape index (κ3) is 2.55. The Hall–Kier alpha value is -1.64. The Balaban J connectivity index is 2.38. The second-order valence-electron chi connectivity index (χ2n) is 5.07. The quantitative estimate of drug-likeness (QED) is 0.760. The molecule has 0 saturated carbocycles. The maximum absolute atomic E-state index is 12.5. The number of unbranched alkanes of at least 4 members (excludes halogenated alkanes) is 1. The van der Waals surface area contributed by atoms with Gasteiger partial charge in [0, 0.05) is 12.1 Å². The summed E-state index contributed by atoms with van der Waals surface area (Å²) >= 11 is 0. The Kier molecular flexibility index (Phi) is 4.35. The highest BCUT2D eigenvalue weighted by molar-refractivity contribution is 6.21. The zero-order chi connectivity index (χ0) is 13.8. The van der Waals surface area contributed by atoms with Crippen LogP contribution in [0, 0.1) is 5.92 Å². The van der Waals surface area contributed by atoms with E-state index < -0.39 is 5.92 Å². The van der Waals surface area contributed by atoms with Gasteiger partial charge in [-0.05, 0) is 25.0 Å². The fraction of sp³-hybridized carbons (Fsp3) is 0.500. The van der Waals surface area contributed by atoms with Crippen LogP contribution in [-0.2, 0) is 4.79 Å². The molecule has 0 radical (unpaired) electrons. The molecule has 2 rings (SSSR count). The van der Waals surface area contributed by atoms with E-state index in [0.717, 1.165) is 24.9 Å². The van der Waals surface area contributed by atoms with Crippen LogP contribution in [0.3, 0.4) is 0 Å². The van der Waals surface area contributed by atoms with Crippen molar-refractivity contribution < 1.29 is 9.59 Å². The van der Waals surface area contributed by atoms with Gasteiger partial charge in [-0.3, -0.25) is 9.59 Å². The number of ketones is 1. The number of hydrogen-bond acceptors (Lipinski definition) is 2. The second-order valence-corrected chi connectivity index (χ2v) is 5.07. The Morgan fingerprint density at radius 2 is 1.84 bits per heavy atom. The first kappa shape index (κ1) is 13.8. The Morgan fingerprint density at radius 1 is 1.11 bits per heavy atom. The van der Waals surface area contributed by atoms with E-state index in [1.807, 2.05) is 31.2 Å². The molecule has 1 unspecified atom stereocenters. The van der Waals surface area contributed by atoms with Crippen molar-refractivity contribution in [3.05, 3.63) is 29.8 Å². The molecule has 1 aromatic rings. The summed E-state index contributed by atoms with van der Waals surface area (Å²) in [6.07, 6.45) is 3.49. The van der Waals surface area contributed by atoms with Crippen molar-refractivity contribution in [3.8, 4) is 0 Å². The van der Waals surface area contributed by atoms with E-state index in [-0.39, 0.29) is 11.7 Å². The standard InChI is InChI=1S/C16H21NO2/c1-3-5-8-13-15(18)12-9-6-7-10-14(12)17(11-4-2)16(13)19/h6-7,9-10,13H,3-5,8,11H2,1-2H3. The van der Waals surface area contributed by atoms with Crippen LogP contribution in [0.15, 0.2) is 24.3 Å². The predicted octanol–water partition coefficient (Wildman–Crippen LogP) is 3.43. The Labute approximate surface area is 114 Å². The van der Waals surface area contributed by atoms with E-state index in [4.69, 9.17) is 0 Å². The maximum Gasteiger partial charge on any atom is 0.237 e. The lowest BCUT2D eigenvalue weighted by Crippen LogP contribution is -2.45. The van der Waals surface area contributed by atoms with Crippen LogP contribution in [0.4, 0.5) is 5.69 Å². The van der Waals surface area contributed by atoms with Gasteiger partial charge < -0.3 is 4.90 Å². The second kappa shape index (κ2) is 6.00. The van der Waals surface area contributed by atoms with Crippen LogP contribution in [0.1, 0.15) is 49.9 Å². The third-order valence-corrected chi connectivity index (χ3v) is 3.63. The van der Waals surface area contributed by atoms with Crippen LogP contribution in [0.5, 0.6) is 0 Å². The van der Waals surface area contributed by atoms with E-state index in [2.05, 4.69) is 6.92 Å². The molecular weight excluding hydrogens is 238 g/mol. The smallest absolute Gasteiger partial charge is 0.237 e. The van der Waals surface area contributed by atoms with Crippen molar-refractivity contribution >= 4 is 17.4 Å². The van der Waals surface area contributed by atoms with E-state index in [9.17, 15) is 9.59 Å². The van der Waals surface area contributed by atoms with Gasteiger partial charge in [-0.15, -0.1) is 0 Å². The van der Waals surface area contributed by atoms with E-state index >= 15 is 0 Å². The van der Waals surface area contributed by atoms with Gasteiger partial charge in [0.2, 0.25) is 5.91 Å². The highest BCUT2D eigenvalue weighted by Crippen LogP contribution is 2.32. The molecule has 1 amide bonds. The van der Waals surface area contributed by atoms with Crippen molar-refractivity contribution in [3.63, 3.8) is 0 Å². The molecule has 19 heavy (non-hydrogen) atoms. The van der Waals surface area contributed by atoms with Crippen LogP contribution in [-0.4, -0.2) is 18.2 Å². The van der Waals surface area contributed by atoms with Crippen molar-refractivity contribution in [1.29, 1.82) is 0 Å². The minimum Gasteiger partial charge on any atom is -0.311 e. The molecule has 0 spiro atoms. The molecule has 1 aliphatic rings. The molecule has 0 bridgehead atoms. The average Bonchev–Trinajstić information content (AvgIpc) is 2.43. The monoisotopic (exact) mass is 259 g/mol. The van der Waals surface area contributed by atoms with Crippen molar-refractivity contribution in [2.45, 2.75) is 39.5 Å². The van der Waals surface area contributed by atoms with Gasteiger partial charge in [-0.1, -0.05) is 38.8 Å². The highest BCUT2D eigenvalue weighted by Gasteiger charge is 2.38. The number of fused-ring (bicyclic) bond motifs is 1. The zero-order valence-electron chi connectivity index (χ0n) is 11.7. The number of rotatable bonds is 5. The lowest BCUT2D eigenvalue weighted by atomic mass is 9.86. The van der Waals surface area contributed by atoms with Crippen LogP contribution in [0.25, 0.3) is 0 Å². The molecule has 0 aromatic heterocycles. The average molecular weight is 259 g/mol. The molecule has 1 aliphatic heterocycles. The molecule has 0 fully saturated rings. The fourth-order valence-corrected chi connectivity index (χ4v) is 2.64. The Bertz CT molecular complexity index is 481. The zero-order valence-corrected chi connectivity index (χ0v) is 11.7. The lowest BCUT2D eigenvalue weighted by molar-refractivity contribution is -0.121. The number of amides is 1. The molecular formula is C16H21NO2. The van der Waals surface area contributed by atoms with Gasteiger partial charge in [0.1, 0.15) is 5.92 Å². The summed E-state index contributed by atoms with van der Waals surface area (Å²) in [4.78, 5) is 26.7. The predicted molar refractivity (Wildman–Crippen MR) is 76.4 cm³/mol. The molecule has 3 nitrogen and oxygen atoms in total. The molecule has 3 heteroatoms. The highest BCUT2D eigenvalue weighted by atomic mass is 16.2. The summed E-state index contributed by atoms with van der Waals surface area (Å²) in [6, 6.07) is 7.46. The number of para-hydroxylation sites is 1. The van der Waals surface area contributed by atoms with Crippen molar-refractivity contribution in [2.24, 2.45) is 5.92 Å². The number of carbonyl (C=O) groups excluding carboxylic acids is 2. The van der Waals surface area contributed by atoms with Crippen LogP contribution in [0.2, 0.25) is 0 Å². The first-order chi connectivity index (χ1) is 9.20. The van der Waals surface area contributed by atoms with Gasteiger partial charge in [0.15, 0.2) is 5.78 Å². The van der Waals surface area contributed by atoms with Crippen LogP contribution < -0.4 is 4.90 Å². The number of Topliss-reactive ketones (excluding diaryl/α,β-unsaturated/α-hetero) is 1. The molecule has 1 aromatic carbocycles. The summed E-state index contributed by atoms with van der Waals surface area (Å²) in [7, 11) is 0. The van der Waals surface area contributed by atoms with E-state index in [1.54, 1.807) is 4.90 Å². The number of carbonyl (C=O) groups is 2. The van der Waals surface area contributed by atoms with Gasteiger partial charge >= 0.3 is 0 Å². The maximum atomic E-state index is 12.5. The molecule has 1 heterocycles. The van der Waals surface area contributed by atoms with Gasteiger partial charge in [-0.25, -0.2) is 0 Å². The molecule has 0 saturated heterocycles. The van der Waals surface area contributed by atoms with Gasteiger partial charge in [0.05, 0.1) is 5.69 Å². The number of benzene rings is 1. The third-order valence-electron chi connectivity index (χ3n) is 3.63. The number of hydrogen-bond donors (Lipinski definition) is 0. The first-order valence-corrected chi connectivity index (χ1v) is 7.15. The molecule has 102 valence electrons. The van der Waals surface area contributed by atoms with Gasteiger partial charge in [0.25, 0.3) is 0 Å². The Morgan fingerprint density at radius 3 is 2.53 bits per heavy atom. The molecule has 0 aliphatic carbocycles. The number of nitrogens with zero attached hydrogens (tertiary/aromatic N) is 1. The lowest BCUT2D eigenvalue weighted by Gasteiger charge is -2.33. The van der Waals surface area contributed by atoms with Gasteiger partial charge in [-0.2, -0.15) is 0 Å². The molecule has 1 atom stereocenters. The summed E-state index contributed by atoms with van der Waals surface area (Å²) in [6.45, 7) is 4.81. The van der Waals surface area contributed by atoms with Crippen molar-refractivity contribution in [2.75, 3.05) is 11.4 Å². The summed E-state index contributed by atoms with van der Waals surface area (Å²) in [5.41, 5.74) is 1.49. The van der Waals surface area contributed by atoms with E-state index in [0.29, 0.717) is 18.5 Å². The van der Waals surface area contributed by atoms with E-state index in [1.165, 1.54) is 0 Å². The molecule has 0 N–H and O–H groups in total. The normalized spacial score (nSPS) is 18.6. The minimum atomic E-state index is -0.471. The topological polar surface area (TPSA) is 37.4 Å². The first-order valence-electron chi connectivity index (χ1n) is 7.15.